The molecule has 0 fully saturated rings. The van der Waals surface area contributed by atoms with Crippen molar-refractivity contribution in [2.75, 3.05) is 27.2 Å². The molecular weight excluding hydrogens is 652 g/mol. The molecule has 0 aliphatic heterocycles. The summed E-state index contributed by atoms with van der Waals surface area (Å²) in [5, 5.41) is 2.77. The SMILES string of the molecule is CN(C)CC(NC(=O)c1ccc(C=CC(c2cc(Cl)c(Cl)c(Cl)c2)C(F)(F)F)cc1C(F)(F)F)C(=O)NCC(F)(F)F. The van der Waals surface area contributed by atoms with Crippen LogP contribution in [0.2, 0.25) is 15.1 Å². The Hall–Kier alpha value is -2.68. The number of amides is 2. The lowest BCUT2D eigenvalue weighted by Gasteiger charge is -2.23. The van der Waals surface area contributed by atoms with Gasteiger partial charge in [0.15, 0.2) is 0 Å². The molecule has 2 atom stereocenters. The Morgan fingerprint density at radius 1 is 0.929 bits per heavy atom. The van der Waals surface area contributed by atoms with Gasteiger partial charge in [0.1, 0.15) is 12.6 Å². The highest BCUT2D eigenvalue weighted by atomic mass is 35.5. The number of carbonyl (C=O) groups excluding carboxylic acids is 2. The summed E-state index contributed by atoms with van der Waals surface area (Å²) in [5.74, 6) is -5.11. The number of carbonyl (C=O) groups is 2. The van der Waals surface area contributed by atoms with Gasteiger partial charge in [0.05, 0.1) is 32.1 Å². The number of hydrogen-bond acceptors (Lipinski definition) is 3. The molecule has 42 heavy (non-hydrogen) atoms. The largest absolute Gasteiger partial charge is 0.417 e. The highest BCUT2D eigenvalue weighted by Crippen LogP contribution is 2.41. The van der Waals surface area contributed by atoms with Gasteiger partial charge < -0.3 is 15.5 Å². The summed E-state index contributed by atoms with van der Waals surface area (Å²) in [6.45, 7) is -2.11. The zero-order valence-corrected chi connectivity index (χ0v) is 23.7. The quantitative estimate of drug-likeness (QED) is 0.216. The maximum atomic E-state index is 13.9. The van der Waals surface area contributed by atoms with Gasteiger partial charge >= 0.3 is 18.5 Å². The highest BCUT2D eigenvalue weighted by Gasteiger charge is 2.40. The minimum Gasteiger partial charge on any atom is -0.345 e. The number of nitrogens with one attached hydrogen (secondary N) is 2. The van der Waals surface area contributed by atoms with E-state index in [9.17, 15) is 49.1 Å². The molecule has 0 saturated heterocycles. The van der Waals surface area contributed by atoms with E-state index in [1.807, 2.05) is 5.32 Å². The minimum absolute atomic E-state index is 0.193. The second-order valence-electron chi connectivity index (χ2n) is 9.10. The van der Waals surface area contributed by atoms with Crippen LogP contribution in [0.25, 0.3) is 6.08 Å². The zero-order chi connectivity index (χ0) is 32.2. The van der Waals surface area contributed by atoms with Crippen LogP contribution in [-0.2, 0) is 11.0 Å². The van der Waals surface area contributed by atoms with Gasteiger partial charge in [-0.2, -0.15) is 39.5 Å². The van der Waals surface area contributed by atoms with Crippen LogP contribution in [0.5, 0.6) is 0 Å². The van der Waals surface area contributed by atoms with Crippen molar-refractivity contribution in [3.05, 3.63) is 73.7 Å². The molecule has 2 unspecified atom stereocenters. The first kappa shape index (κ1) is 35.5. The van der Waals surface area contributed by atoms with E-state index in [-0.39, 0.29) is 27.2 Å². The predicted molar refractivity (Wildman–Crippen MR) is 140 cm³/mol. The fraction of sp³-hybridized carbons (Fsp3) is 0.360. The average Bonchev–Trinajstić information content (AvgIpc) is 2.83. The molecule has 5 nitrogen and oxygen atoms in total. The number of halogens is 12. The lowest BCUT2D eigenvalue weighted by Crippen LogP contribution is -2.53. The second-order valence-corrected chi connectivity index (χ2v) is 10.3. The van der Waals surface area contributed by atoms with Crippen LogP contribution < -0.4 is 10.6 Å². The number of hydrogen-bond donors (Lipinski definition) is 2. The second kappa shape index (κ2) is 13.7. The number of alkyl halides is 9. The van der Waals surface area contributed by atoms with E-state index in [0.717, 1.165) is 24.3 Å². The molecule has 0 aliphatic carbocycles. The lowest BCUT2D eigenvalue weighted by molar-refractivity contribution is -0.140. The summed E-state index contributed by atoms with van der Waals surface area (Å²) in [5.41, 5.74) is -3.41. The van der Waals surface area contributed by atoms with Gasteiger partial charge in [0, 0.05) is 6.54 Å². The summed E-state index contributed by atoms with van der Waals surface area (Å²) in [6, 6.07) is 2.12. The van der Waals surface area contributed by atoms with Crippen LogP contribution in [0.1, 0.15) is 33.0 Å². The van der Waals surface area contributed by atoms with E-state index in [1.165, 1.54) is 19.0 Å². The van der Waals surface area contributed by atoms with E-state index in [4.69, 9.17) is 34.8 Å². The predicted octanol–water partition coefficient (Wildman–Crippen LogP) is 7.36. The van der Waals surface area contributed by atoms with Crippen molar-refractivity contribution in [2.24, 2.45) is 0 Å². The first-order valence-corrected chi connectivity index (χ1v) is 12.6. The van der Waals surface area contributed by atoms with Crippen LogP contribution in [0, 0.1) is 0 Å². The van der Waals surface area contributed by atoms with Gasteiger partial charge in [-0.15, -0.1) is 0 Å². The van der Waals surface area contributed by atoms with E-state index in [1.54, 1.807) is 5.32 Å². The Balaban J connectivity index is 2.44. The summed E-state index contributed by atoms with van der Waals surface area (Å²) in [7, 11) is 2.80. The molecule has 0 radical (unpaired) electrons. The number of benzene rings is 2. The van der Waals surface area contributed by atoms with E-state index < -0.39 is 65.5 Å². The van der Waals surface area contributed by atoms with Gasteiger partial charge in [-0.25, -0.2) is 0 Å². The molecule has 2 N–H and O–H groups in total. The third-order valence-corrected chi connectivity index (χ3v) is 6.62. The molecule has 0 bridgehead atoms. The monoisotopic (exact) mass is 671 g/mol. The third kappa shape index (κ3) is 10.2. The van der Waals surface area contributed by atoms with Crippen LogP contribution in [0.3, 0.4) is 0 Å². The minimum atomic E-state index is -5.19. The fourth-order valence-corrected chi connectivity index (χ4v) is 4.19. The number of likely N-dealkylation sites (N-methyl/N-ethyl adjacent to an activating group) is 1. The van der Waals surface area contributed by atoms with Crippen LogP contribution in [0.15, 0.2) is 36.4 Å². The molecule has 0 aliphatic rings. The Morgan fingerprint density at radius 3 is 1.98 bits per heavy atom. The smallest absolute Gasteiger partial charge is 0.345 e. The molecule has 0 saturated carbocycles. The summed E-state index contributed by atoms with van der Waals surface area (Å²) in [4.78, 5) is 26.3. The van der Waals surface area contributed by atoms with Crippen molar-refractivity contribution < 1.29 is 49.1 Å². The van der Waals surface area contributed by atoms with Crippen LogP contribution in [0.4, 0.5) is 39.5 Å². The fourth-order valence-electron chi connectivity index (χ4n) is 3.58. The average molecular weight is 673 g/mol. The lowest BCUT2D eigenvalue weighted by atomic mass is 9.96. The Bertz CT molecular complexity index is 1300. The number of rotatable bonds is 9. The zero-order valence-electron chi connectivity index (χ0n) is 21.4. The molecule has 2 aromatic carbocycles. The topological polar surface area (TPSA) is 61.4 Å². The maximum absolute atomic E-state index is 13.9. The summed E-state index contributed by atoms with van der Waals surface area (Å²) in [6.07, 6.45) is -13.6. The summed E-state index contributed by atoms with van der Waals surface area (Å²) >= 11 is 17.4. The molecule has 2 rings (SSSR count). The first-order chi connectivity index (χ1) is 19.1. The van der Waals surface area contributed by atoms with Crippen molar-refractivity contribution >= 4 is 52.7 Å². The van der Waals surface area contributed by atoms with Crippen molar-refractivity contribution in [3.63, 3.8) is 0 Å². The third-order valence-electron chi connectivity index (χ3n) is 5.43. The van der Waals surface area contributed by atoms with Crippen molar-refractivity contribution in [1.29, 1.82) is 0 Å². The van der Waals surface area contributed by atoms with Gasteiger partial charge in [0.2, 0.25) is 5.91 Å². The van der Waals surface area contributed by atoms with E-state index in [0.29, 0.717) is 18.2 Å². The van der Waals surface area contributed by atoms with E-state index in [2.05, 4.69) is 0 Å². The molecule has 0 spiro atoms. The Kier molecular flexibility index (Phi) is 11.6. The van der Waals surface area contributed by atoms with Gasteiger partial charge in [-0.1, -0.05) is 53.0 Å². The maximum Gasteiger partial charge on any atom is 0.417 e. The highest BCUT2D eigenvalue weighted by molar-refractivity contribution is 6.48. The van der Waals surface area contributed by atoms with Crippen LogP contribution in [-0.4, -0.2) is 62.3 Å². The standard InChI is InChI=1S/C25H21Cl3F9N3O2/c1-40(2)10-19(22(42)38-11-23(29,30)31)39-21(41)14-5-3-12(7-16(14)25(35,36)37)4-6-15(24(32,33)34)13-8-17(26)20(28)18(27)9-13/h3-9,15,19H,10-11H2,1-2H3,(H,38,42)(H,39,41). The Morgan fingerprint density at radius 2 is 1.50 bits per heavy atom. The molecule has 17 heteroatoms. The molecule has 0 aromatic heterocycles. The molecule has 0 heterocycles. The molecule has 2 amide bonds. The van der Waals surface area contributed by atoms with Crippen molar-refractivity contribution in [1.82, 2.24) is 15.5 Å². The normalized spacial score (nSPS) is 14.3. The van der Waals surface area contributed by atoms with Gasteiger partial charge in [-0.3, -0.25) is 9.59 Å². The van der Waals surface area contributed by atoms with E-state index >= 15 is 0 Å². The summed E-state index contributed by atoms with van der Waals surface area (Å²) < 4.78 is 121. The van der Waals surface area contributed by atoms with Gasteiger partial charge in [-0.05, 0) is 49.5 Å². The molecule has 232 valence electrons. The van der Waals surface area contributed by atoms with Crippen molar-refractivity contribution in [2.45, 2.75) is 30.5 Å². The number of allylic oxidation sites excluding steroid dienone is 1. The molecule has 2 aromatic rings. The Labute approximate surface area is 248 Å². The van der Waals surface area contributed by atoms with Crippen LogP contribution >= 0.6 is 34.8 Å². The first-order valence-electron chi connectivity index (χ1n) is 11.5. The number of nitrogens with zero attached hydrogens (tertiary/aromatic N) is 1. The van der Waals surface area contributed by atoms with Crippen molar-refractivity contribution in [3.8, 4) is 0 Å². The van der Waals surface area contributed by atoms with Gasteiger partial charge in [0.25, 0.3) is 5.91 Å². The molecular formula is C25H21Cl3F9N3O2.